The topological polar surface area (TPSA) is 55.1 Å². The van der Waals surface area contributed by atoms with Crippen molar-refractivity contribution in [1.29, 1.82) is 5.26 Å². The number of hydrogen-bond donors (Lipinski definition) is 0. The van der Waals surface area contributed by atoms with Gasteiger partial charge in [-0.1, -0.05) is 85.6 Å². The van der Waals surface area contributed by atoms with Crippen molar-refractivity contribution < 1.29 is 9.16 Å². The van der Waals surface area contributed by atoms with Crippen molar-refractivity contribution in [3.8, 4) is 6.07 Å². The number of hydrogen-bond acceptors (Lipinski definition) is 4. The van der Waals surface area contributed by atoms with Crippen molar-refractivity contribution in [3.05, 3.63) is 63.5 Å². The maximum atomic E-state index is 9.18. The third kappa shape index (κ3) is 5.02. The minimum Gasteiger partial charge on any atom is -0.410 e. The Balaban J connectivity index is 1.75. The first kappa shape index (κ1) is 28.5. The molecule has 39 heavy (non-hydrogen) atoms. The Labute approximate surface area is 237 Å². The van der Waals surface area contributed by atoms with Crippen LogP contribution in [0.5, 0.6) is 0 Å². The van der Waals surface area contributed by atoms with E-state index in [4.69, 9.17) is 14.1 Å². The maximum absolute atomic E-state index is 9.18. The zero-order valence-electron chi connectivity index (χ0n) is 25.7. The molecule has 1 fully saturated rings. The summed E-state index contributed by atoms with van der Waals surface area (Å²) < 4.78 is 14.6. The molecule has 3 aliphatic rings. The van der Waals surface area contributed by atoms with Crippen LogP contribution in [0.25, 0.3) is 0 Å². The summed E-state index contributed by atoms with van der Waals surface area (Å²) in [6.07, 6.45) is 6.86. The molecule has 0 N–H and O–H groups in total. The Morgan fingerprint density at radius 1 is 1.10 bits per heavy atom. The van der Waals surface area contributed by atoms with Crippen LogP contribution in [0.4, 0.5) is 0 Å². The number of pyridine rings is 1. The number of ether oxygens (including phenoxy) is 1. The second-order valence-electron chi connectivity index (χ2n) is 15.0. The van der Waals surface area contributed by atoms with Crippen LogP contribution in [0.3, 0.4) is 0 Å². The van der Waals surface area contributed by atoms with Gasteiger partial charge >= 0.3 is 0 Å². The number of benzene rings is 1. The van der Waals surface area contributed by atoms with Gasteiger partial charge in [0.05, 0.1) is 24.2 Å². The molecule has 0 radical (unpaired) electrons. The lowest BCUT2D eigenvalue weighted by Gasteiger charge is -2.45. The number of fused-ring (bicyclic) bond motifs is 4. The molecule has 0 saturated heterocycles. The van der Waals surface area contributed by atoms with Gasteiger partial charge in [-0.15, -0.1) is 0 Å². The van der Waals surface area contributed by atoms with Crippen LogP contribution in [0.15, 0.2) is 24.3 Å². The average molecular weight is 545 g/mol. The van der Waals surface area contributed by atoms with E-state index in [0.29, 0.717) is 12.3 Å². The van der Waals surface area contributed by atoms with Gasteiger partial charge in [-0.05, 0) is 71.8 Å². The van der Waals surface area contributed by atoms with E-state index in [2.05, 4.69) is 91.9 Å². The van der Waals surface area contributed by atoms with Crippen molar-refractivity contribution in [1.82, 2.24) is 4.98 Å². The molecule has 1 aromatic heterocycles. The summed E-state index contributed by atoms with van der Waals surface area (Å²) in [7, 11) is -2.03. The number of nitrogens with zero attached hydrogens (tertiary/aromatic N) is 2. The zero-order chi connectivity index (χ0) is 28.4. The highest BCUT2D eigenvalue weighted by Crippen LogP contribution is 2.60. The number of rotatable bonds is 5. The molecular weight excluding hydrogens is 496 g/mol. The van der Waals surface area contributed by atoms with E-state index in [1.54, 1.807) is 0 Å². The van der Waals surface area contributed by atoms with Gasteiger partial charge < -0.3 is 9.16 Å². The minimum absolute atomic E-state index is 0.0462. The summed E-state index contributed by atoms with van der Waals surface area (Å²) in [6.45, 7) is 21.1. The van der Waals surface area contributed by atoms with E-state index in [-0.39, 0.29) is 28.3 Å². The van der Waals surface area contributed by atoms with E-state index >= 15 is 0 Å². The largest absolute Gasteiger partial charge is 0.410 e. The van der Waals surface area contributed by atoms with E-state index in [0.717, 1.165) is 31.2 Å². The SMILES string of the molecule is CC(C)c1nc2c(c3c1C(c1ccc(CC#N)cc1)OC31CCCC1)C(O[Si](C)(C)C(C)(C)C)CC(C)(C)C2. The van der Waals surface area contributed by atoms with Crippen LogP contribution in [0.1, 0.15) is 138 Å². The molecule has 5 rings (SSSR count). The van der Waals surface area contributed by atoms with Gasteiger partial charge in [0, 0.05) is 22.5 Å². The second-order valence-corrected chi connectivity index (χ2v) is 19.7. The Bertz CT molecular complexity index is 1270. The molecule has 0 bridgehead atoms. The molecular formula is C34H48N2O2Si. The second kappa shape index (κ2) is 9.82. The normalized spacial score (nSPS) is 23.6. The van der Waals surface area contributed by atoms with Crippen LogP contribution >= 0.6 is 0 Å². The van der Waals surface area contributed by atoms with Crippen molar-refractivity contribution in [2.45, 2.75) is 135 Å². The first-order valence-electron chi connectivity index (χ1n) is 15.1. The molecule has 210 valence electrons. The highest BCUT2D eigenvalue weighted by Gasteiger charge is 2.54. The van der Waals surface area contributed by atoms with Crippen LogP contribution in [0.2, 0.25) is 18.1 Å². The third-order valence-corrected chi connectivity index (χ3v) is 14.4. The molecule has 2 heterocycles. The molecule has 4 nitrogen and oxygen atoms in total. The molecule has 1 saturated carbocycles. The standard InChI is InChI=1S/C34H48N2O2Si/c1-22(2)30-28-29(27-25(36-30)20-33(6,7)21-26(27)38-39(8,9)32(3,4)5)34(17-10-11-18-34)37-31(28)24-14-12-23(13-15-24)16-19-35/h12-15,22,26,31H,10-11,16-18,20-21H2,1-9H3. The molecule has 1 aromatic carbocycles. The predicted octanol–water partition coefficient (Wildman–Crippen LogP) is 9.20. The average Bonchev–Trinajstić information content (AvgIpc) is 3.43. The number of aromatic nitrogens is 1. The third-order valence-electron chi connectivity index (χ3n) is 9.91. The summed E-state index contributed by atoms with van der Waals surface area (Å²) in [5, 5.41) is 9.32. The lowest BCUT2D eigenvalue weighted by Crippen LogP contribution is -2.44. The van der Waals surface area contributed by atoms with Crippen LogP contribution < -0.4 is 0 Å². The van der Waals surface area contributed by atoms with E-state index in [1.165, 1.54) is 46.5 Å². The summed E-state index contributed by atoms with van der Waals surface area (Å²) in [5.41, 5.74) is 8.63. The number of nitriles is 1. The Morgan fingerprint density at radius 3 is 2.31 bits per heavy atom. The van der Waals surface area contributed by atoms with Crippen molar-refractivity contribution in [2.75, 3.05) is 0 Å². The summed E-state index contributed by atoms with van der Waals surface area (Å²) in [5.74, 6) is 0.300. The van der Waals surface area contributed by atoms with E-state index in [9.17, 15) is 5.26 Å². The van der Waals surface area contributed by atoms with E-state index < -0.39 is 8.32 Å². The summed E-state index contributed by atoms with van der Waals surface area (Å²) in [6, 6.07) is 10.8. The zero-order valence-corrected chi connectivity index (χ0v) is 26.7. The van der Waals surface area contributed by atoms with Crippen molar-refractivity contribution in [2.24, 2.45) is 5.41 Å². The lowest BCUT2D eigenvalue weighted by atomic mass is 9.70. The van der Waals surface area contributed by atoms with Gasteiger partial charge in [-0.2, -0.15) is 5.26 Å². The fourth-order valence-corrected chi connectivity index (χ4v) is 8.18. The maximum Gasteiger partial charge on any atom is 0.192 e. The van der Waals surface area contributed by atoms with Gasteiger partial charge in [-0.25, -0.2) is 0 Å². The van der Waals surface area contributed by atoms with E-state index in [1.807, 2.05) is 0 Å². The van der Waals surface area contributed by atoms with Gasteiger partial charge in [0.25, 0.3) is 0 Å². The van der Waals surface area contributed by atoms with Gasteiger partial charge in [0.1, 0.15) is 6.10 Å². The Morgan fingerprint density at radius 2 is 1.74 bits per heavy atom. The first-order chi connectivity index (χ1) is 18.2. The molecule has 2 atom stereocenters. The molecule has 2 aromatic rings. The highest BCUT2D eigenvalue weighted by molar-refractivity contribution is 6.74. The lowest BCUT2D eigenvalue weighted by molar-refractivity contribution is -0.0579. The summed E-state index contributed by atoms with van der Waals surface area (Å²) >= 11 is 0. The fraction of sp³-hybridized carbons (Fsp3) is 0.647. The van der Waals surface area contributed by atoms with Crippen LogP contribution in [-0.2, 0) is 27.6 Å². The van der Waals surface area contributed by atoms with Crippen molar-refractivity contribution >= 4 is 8.32 Å². The van der Waals surface area contributed by atoms with Gasteiger partial charge in [0.2, 0.25) is 0 Å². The minimum atomic E-state index is -2.03. The quantitative estimate of drug-likeness (QED) is 0.352. The first-order valence-corrected chi connectivity index (χ1v) is 18.0. The molecule has 2 aliphatic carbocycles. The van der Waals surface area contributed by atoms with Gasteiger partial charge in [-0.3, -0.25) is 4.98 Å². The molecule has 1 aliphatic heterocycles. The smallest absolute Gasteiger partial charge is 0.192 e. The van der Waals surface area contributed by atoms with Gasteiger partial charge in [0.15, 0.2) is 8.32 Å². The fourth-order valence-electron chi connectivity index (χ4n) is 6.92. The van der Waals surface area contributed by atoms with Crippen LogP contribution in [-0.4, -0.2) is 13.3 Å². The summed E-state index contributed by atoms with van der Waals surface area (Å²) in [4.78, 5) is 5.51. The molecule has 5 heteroatoms. The van der Waals surface area contributed by atoms with Crippen LogP contribution in [0, 0.1) is 16.7 Å². The highest BCUT2D eigenvalue weighted by atomic mass is 28.4. The molecule has 0 amide bonds. The predicted molar refractivity (Wildman–Crippen MR) is 160 cm³/mol. The molecule has 1 spiro atoms. The Hall–Kier alpha value is -2.00. The van der Waals surface area contributed by atoms with Crippen molar-refractivity contribution in [3.63, 3.8) is 0 Å². The molecule has 2 unspecified atom stereocenters. The monoisotopic (exact) mass is 544 g/mol. The Kier molecular flexibility index (Phi) is 7.18.